The molecule has 3 heterocycles. The highest BCUT2D eigenvalue weighted by atomic mass is 16.2. The molecule has 18 heavy (non-hydrogen) atoms. The zero-order chi connectivity index (χ0) is 12.4. The summed E-state index contributed by atoms with van der Waals surface area (Å²) >= 11 is 0. The van der Waals surface area contributed by atoms with Gasteiger partial charge in [-0.2, -0.15) is 0 Å². The van der Waals surface area contributed by atoms with Crippen LogP contribution in [0.1, 0.15) is 19.3 Å². The van der Waals surface area contributed by atoms with Crippen LogP contribution in [0.25, 0.3) is 5.65 Å². The zero-order valence-corrected chi connectivity index (χ0v) is 10.2. The van der Waals surface area contributed by atoms with Gasteiger partial charge in [-0.25, -0.2) is 13.9 Å². The summed E-state index contributed by atoms with van der Waals surface area (Å²) in [6, 6.07) is 0. The SMILES string of the molecule is O=c1n(CCC2CCCNC2)nc2cnccn12. The molecule has 1 aliphatic heterocycles. The highest BCUT2D eigenvalue weighted by molar-refractivity contribution is 5.31. The second kappa shape index (κ2) is 4.89. The van der Waals surface area contributed by atoms with Crippen LogP contribution < -0.4 is 11.0 Å². The van der Waals surface area contributed by atoms with Crippen molar-refractivity contribution in [1.82, 2.24) is 24.5 Å². The Morgan fingerprint density at radius 3 is 3.22 bits per heavy atom. The summed E-state index contributed by atoms with van der Waals surface area (Å²) in [6.07, 6.45) is 8.35. The van der Waals surface area contributed by atoms with Crippen LogP contribution in [-0.2, 0) is 6.54 Å². The van der Waals surface area contributed by atoms with Crippen molar-refractivity contribution in [3.05, 3.63) is 29.1 Å². The van der Waals surface area contributed by atoms with Gasteiger partial charge >= 0.3 is 5.69 Å². The third-order valence-corrected chi connectivity index (χ3v) is 3.54. The second-order valence-electron chi connectivity index (χ2n) is 4.81. The first-order valence-corrected chi connectivity index (χ1v) is 6.44. The Hall–Kier alpha value is -1.69. The minimum Gasteiger partial charge on any atom is -0.316 e. The van der Waals surface area contributed by atoms with Gasteiger partial charge in [0.15, 0.2) is 5.65 Å². The lowest BCUT2D eigenvalue weighted by atomic mass is 9.96. The lowest BCUT2D eigenvalue weighted by Crippen LogP contribution is -2.31. The van der Waals surface area contributed by atoms with E-state index in [1.54, 1.807) is 23.3 Å². The van der Waals surface area contributed by atoms with Crippen molar-refractivity contribution in [2.45, 2.75) is 25.8 Å². The van der Waals surface area contributed by atoms with Gasteiger partial charge in [0.25, 0.3) is 0 Å². The third kappa shape index (κ3) is 2.15. The largest absolute Gasteiger partial charge is 0.350 e. The molecule has 1 fully saturated rings. The minimum absolute atomic E-state index is 0.0730. The van der Waals surface area contributed by atoms with Gasteiger partial charge in [0.1, 0.15) is 0 Å². The van der Waals surface area contributed by atoms with E-state index in [0.29, 0.717) is 18.1 Å². The smallest absolute Gasteiger partial charge is 0.316 e. The Kier molecular flexibility index (Phi) is 3.10. The second-order valence-corrected chi connectivity index (χ2v) is 4.81. The molecule has 1 atom stereocenters. The summed E-state index contributed by atoms with van der Waals surface area (Å²) in [5, 5.41) is 7.67. The van der Waals surface area contributed by atoms with Crippen LogP contribution in [0.4, 0.5) is 0 Å². The summed E-state index contributed by atoms with van der Waals surface area (Å²) in [6.45, 7) is 2.87. The summed E-state index contributed by atoms with van der Waals surface area (Å²) < 4.78 is 3.08. The number of rotatable bonds is 3. The van der Waals surface area contributed by atoms with Gasteiger partial charge in [0, 0.05) is 18.9 Å². The first-order chi connectivity index (χ1) is 8.84. The molecule has 1 unspecified atom stereocenters. The third-order valence-electron chi connectivity index (χ3n) is 3.54. The highest BCUT2D eigenvalue weighted by Gasteiger charge is 2.14. The molecule has 3 rings (SSSR count). The number of piperidine rings is 1. The molecule has 1 saturated heterocycles. The standard InChI is InChI=1S/C12H17N5O/c18-12-16-7-5-14-9-11(16)15-17(12)6-3-10-2-1-4-13-8-10/h5,7,9-10,13H,1-4,6,8H2. The molecule has 6 nitrogen and oxygen atoms in total. The fraction of sp³-hybridized carbons (Fsp3) is 0.583. The number of hydrogen-bond donors (Lipinski definition) is 1. The van der Waals surface area contributed by atoms with Gasteiger partial charge in [-0.3, -0.25) is 4.98 Å². The molecule has 96 valence electrons. The molecule has 2 aromatic rings. The minimum atomic E-state index is -0.0730. The van der Waals surface area contributed by atoms with E-state index in [4.69, 9.17) is 0 Å². The Labute approximate surface area is 105 Å². The van der Waals surface area contributed by atoms with E-state index in [9.17, 15) is 4.79 Å². The van der Waals surface area contributed by atoms with Crippen LogP contribution in [0.2, 0.25) is 0 Å². The number of aryl methyl sites for hydroxylation is 1. The predicted molar refractivity (Wildman–Crippen MR) is 67.5 cm³/mol. The van der Waals surface area contributed by atoms with Crippen LogP contribution >= 0.6 is 0 Å². The quantitative estimate of drug-likeness (QED) is 0.846. The van der Waals surface area contributed by atoms with Crippen molar-refractivity contribution in [3.8, 4) is 0 Å². The average Bonchev–Trinajstić information content (AvgIpc) is 2.75. The van der Waals surface area contributed by atoms with E-state index in [1.807, 2.05) is 0 Å². The van der Waals surface area contributed by atoms with Gasteiger partial charge in [0.05, 0.1) is 6.20 Å². The van der Waals surface area contributed by atoms with Gasteiger partial charge in [-0.15, -0.1) is 5.10 Å². The number of nitrogens with zero attached hydrogens (tertiary/aromatic N) is 4. The molecule has 6 heteroatoms. The number of nitrogens with one attached hydrogen (secondary N) is 1. The van der Waals surface area contributed by atoms with Gasteiger partial charge < -0.3 is 5.32 Å². The monoisotopic (exact) mass is 247 g/mol. The first kappa shape index (κ1) is 11.4. The molecule has 2 aromatic heterocycles. The molecule has 0 aliphatic carbocycles. The van der Waals surface area contributed by atoms with E-state index >= 15 is 0 Å². The molecule has 1 aliphatic rings. The summed E-state index contributed by atoms with van der Waals surface area (Å²) in [7, 11) is 0. The van der Waals surface area contributed by atoms with Crippen LogP contribution in [0.15, 0.2) is 23.4 Å². The Morgan fingerprint density at radius 2 is 2.44 bits per heavy atom. The van der Waals surface area contributed by atoms with Crippen molar-refractivity contribution in [2.75, 3.05) is 13.1 Å². The zero-order valence-electron chi connectivity index (χ0n) is 10.2. The van der Waals surface area contributed by atoms with E-state index in [0.717, 1.165) is 19.5 Å². The van der Waals surface area contributed by atoms with Crippen molar-refractivity contribution in [1.29, 1.82) is 0 Å². The van der Waals surface area contributed by atoms with E-state index in [2.05, 4.69) is 15.4 Å². The van der Waals surface area contributed by atoms with E-state index < -0.39 is 0 Å². The van der Waals surface area contributed by atoms with Crippen molar-refractivity contribution >= 4 is 5.65 Å². The van der Waals surface area contributed by atoms with Crippen molar-refractivity contribution in [3.63, 3.8) is 0 Å². The fourth-order valence-electron chi connectivity index (χ4n) is 2.50. The molecular formula is C12H17N5O. The van der Waals surface area contributed by atoms with Crippen LogP contribution in [0.3, 0.4) is 0 Å². The molecule has 0 bridgehead atoms. The topological polar surface area (TPSA) is 64.2 Å². The van der Waals surface area contributed by atoms with E-state index in [-0.39, 0.29) is 5.69 Å². The lowest BCUT2D eigenvalue weighted by Gasteiger charge is -2.22. The molecule has 0 radical (unpaired) electrons. The average molecular weight is 247 g/mol. The Balaban J connectivity index is 1.74. The van der Waals surface area contributed by atoms with E-state index in [1.165, 1.54) is 17.2 Å². The fourth-order valence-corrected chi connectivity index (χ4v) is 2.50. The highest BCUT2D eigenvalue weighted by Crippen LogP contribution is 2.14. The van der Waals surface area contributed by atoms with Crippen LogP contribution in [0, 0.1) is 5.92 Å². The summed E-state index contributed by atoms with van der Waals surface area (Å²) in [5.74, 6) is 0.661. The van der Waals surface area contributed by atoms with Gasteiger partial charge in [-0.1, -0.05) is 0 Å². The predicted octanol–water partition coefficient (Wildman–Crippen LogP) is 0.281. The maximum absolute atomic E-state index is 12.0. The Bertz CT molecular complexity index is 581. The summed E-state index contributed by atoms with van der Waals surface area (Å²) in [4.78, 5) is 16.0. The summed E-state index contributed by atoms with van der Waals surface area (Å²) in [5.41, 5.74) is 0.542. The Morgan fingerprint density at radius 1 is 1.50 bits per heavy atom. The van der Waals surface area contributed by atoms with Gasteiger partial charge in [0.2, 0.25) is 0 Å². The maximum atomic E-state index is 12.0. The number of aromatic nitrogens is 4. The molecule has 0 saturated carbocycles. The number of fused-ring (bicyclic) bond motifs is 1. The lowest BCUT2D eigenvalue weighted by molar-refractivity contribution is 0.334. The molecule has 0 amide bonds. The normalized spacial score (nSPS) is 20.3. The molecule has 0 spiro atoms. The number of hydrogen-bond acceptors (Lipinski definition) is 4. The molecule has 1 N–H and O–H groups in total. The van der Waals surface area contributed by atoms with Crippen LogP contribution in [-0.4, -0.2) is 32.3 Å². The first-order valence-electron chi connectivity index (χ1n) is 6.44. The molecular weight excluding hydrogens is 230 g/mol. The van der Waals surface area contributed by atoms with Crippen molar-refractivity contribution in [2.24, 2.45) is 5.92 Å². The van der Waals surface area contributed by atoms with Crippen molar-refractivity contribution < 1.29 is 0 Å². The van der Waals surface area contributed by atoms with Crippen LogP contribution in [0.5, 0.6) is 0 Å². The maximum Gasteiger partial charge on any atom is 0.350 e. The molecule has 0 aromatic carbocycles. The van der Waals surface area contributed by atoms with Gasteiger partial charge in [-0.05, 0) is 38.3 Å².